The van der Waals surface area contributed by atoms with Gasteiger partial charge in [-0.1, -0.05) is 42.5 Å². The Bertz CT molecular complexity index is 994. The molecule has 3 nitrogen and oxygen atoms in total. The first-order valence-corrected chi connectivity index (χ1v) is 8.67. The molecule has 0 N–H and O–H groups in total. The van der Waals surface area contributed by atoms with Crippen LogP contribution >= 0.6 is 0 Å². The van der Waals surface area contributed by atoms with Gasteiger partial charge < -0.3 is 0 Å². The van der Waals surface area contributed by atoms with E-state index in [2.05, 4.69) is 12.1 Å². The number of carbonyl (C=O) groups is 2. The highest BCUT2D eigenvalue weighted by Gasteiger charge is 2.37. The van der Waals surface area contributed by atoms with Crippen molar-refractivity contribution in [1.82, 2.24) is 4.90 Å². The number of nitrogens with zero attached hydrogens (tertiary/aromatic N) is 1. The summed E-state index contributed by atoms with van der Waals surface area (Å²) in [6.07, 6.45) is 1.98. The van der Waals surface area contributed by atoms with Crippen molar-refractivity contribution in [3.05, 3.63) is 82.4 Å². The van der Waals surface area contributed by atoms with Crippen LogP contribution in [0.5, 0.6) is 0 Å². The maximum absolute atomic E-state index is 13.2. The van der Waals surface area contributed by atoms with Gasteiger partial charge in [-0.3, -0.25) is 14.5 Å². The number of benzene rings is 3. The Kier molecular flexibility index (Phi) is 2.90. The molecule has 0 saturated carbocycles. The smallest absolute Gasteiger partial charge is 0.261 e. The molecule has 1 heterocycles. The van der Waals surface area contributed by atoms with Gasteiger partial charge in [0.1, 0.15) is 0 Å². The predicted octanol–water partition coefficient (Wildman–Crippen LogP) is 4.30. The SMILES string of the molecule is C[C@@H](c1ccccc1)N1C(=O)c2ccc3c4c(ccc(c24)C1=O)CC3. The van der Waals surface area contributed by atoms with Crippen molar-refractivity contribution < 1.29 is 9.59 Å². The first-order valence-electron chi connectivity index (χ1n) is 8.67. The average molecular weight is 327 g/mol. The second kappa shape index (κ2) is 5.03. The Morgan fingerprint density at radius 3 is 1.88 bits per heavy atom. The minimum Gasteiger partial charge on any atom is -0.269 e. The van der Waals surface area contributed by atoms with Gasteiger partial charge in [-0.25, -0.2) is 0 Å². The van der Waals surface area contributed by atoms with Gasteiger partial charge in [0.15, 0.2) is 0 Å². The molecule has 3 aromatic carbocycles. The summed E-state index contributed by atoms with van der Waals surface area (Å²) in [6, 6.07) is 17.3. The Hall–Kier alpha value is -2.94. The summed E-state index contributed by atoms with van der Waals surface area (Å²) in [4.78, 5) is 27.8. The standard InChI is InChI=1S/C22H17NO2/c1-13(14-5-3-2-4-6-14)23-21(24)17-11-9-15-7-8-16-10-12-18(22(23)25)20(17)19(15)16/h2-6,9-13H,7-8H2,1H3/t13-/m0/s1. The summed E-state index contributed by atoms with van der Waals surface area (Å²) >= 11 is 0. The number of hydrogen-bond donors (Lipinski definition) is 0. The molecule has 2 aliphatic rings. The van der Waals surface area contributed by atoms with E-state index in [-0.39, 0.29) is 17.9 Å². The molecular formula is C22H17NO2. The molecule has 5 rings (SSSR count). The Morgan fingerprint density at radius 1 is 0.760 bits per heavy atom. The highest BCUT2D eigenvalue weighted by molar-refractivity contribution is 6.26. The summed E-state index contributed by atoms with van der Waals surface area (Å²) < 4.78 is 0. The molecule has 2 amide bonds. The number of carbonyl (C=O) groups excluding carboxylic acids is 2. The first-order chi connectivity index (χ1) is 12.2. The lowest BCUT2D eigenvalue weighted by Crippen LogP contribution is -2.42. The Morgan fingerprint density at radius 2 is 1.32 bits per heavy atom. The number of aryl methyl sites for hydroxylation is 2. The van der Waals surface area contributed by atoms with Crippen LogP contribution in [0.4, 0.5) is 0 Å². The highest BCUT2D eigenvalue weighted by atomic mass is 16.2. The van der Waals surface area contributed by atoms with E-state index in [4.69, 9.17) is 0 Å². The fourth-order valence-electron chi connectivity index (χ4n) is 4.27. The summed E-state index contributed by atoms with van der Waals surface area (Å²) in [5.74, 6) is -0.381. The van der Waals surface area contributed by atoms with E-state index in [9.17, 15) is 9.59 Å². The van der Waals surface area contributed by atoms with Crippen LogP contribution in [0.25, 0.3) is 10.8 Å². The van der Waals surface area contributed by atoms with E-state index in [0.717, 1.165) is 29.2 Å². The minimum atomic E-state index is -0.297. The topological polar surface area (TPSA) is 37.4 Å². The molecule has 0 fully saturated rings. The first kappa shape index (κ1) is 14.4. The van der Waals surface area contributed by atoms with Crippen molar-refractivity contribution in [3.8, 4) is 0 Å². The minimum absolute atomic E-state index is 0.190. The fourth-order valence-corrected chi connectivity index (χ4v) is 4.27. The molecule has 1 aliphatic heterocycles. The summed E-state index contributed by atoms with van der Waals surface area (Å²) in [5, 5.41) is 1.99. The van der Waals surface area contributed by atoms with Gasteiger partial charge in [0.25, 0.3) is 11.8 Å². The molecule has 0 aromatic heterocycles. The van der Waals surface area contributed by atoms with Crippen molar-refractivity contribution in [1.29, 1.82) is 0 Å². The third-order valence-electron chi connectivity index (χ3n) is 5.56. The van der Waals surface area contributed by atoms with Gasteiger partial charge in [-0.15, -0.1) is 0 Å². The maximum Gasteiger partial charge on any atom is 0.261 e. The van der Waals surface area contributed by atoms with Crippen molar-refractivity contribution in [3.63, 3.8) is 0 Å². The van der Waals surface area contributed by atoms with E-state index in [1.165, 1.54) is 16.0 Å². The monoisotopic (exact) mass is 327 g/mol. The van der Waals surface area contributed by atoms with Crippen LogP contribution in [-0.4, -0.2) is 16.7 Å². The van der Waals surface area contributed by atoms with E-state index in [0.29, 0.717) is 11.1 Å². The van der Waals surface area contributed by atoms with E-state index in [1.54, 1.807) is 0 Å². The molecule has 1 aliphatic carbocycles. The van der Waals surface area contributed by atoms with Crippen molar-refractivity contribution in [2.24, 2.45) is 0 Å². The van der Waals surface area contributed by atoms with Crippen LogP contribution in [0.15, 0.2) is 54.6 Å². The quantitative estimate of drug-likeness (QED) is 0.658. The number of rotatable bonds is 2. The molecule has 3 aromatic rings. The lowest BCUT2D eigenvalue weighted by atomic mass is 9.90. The molecule has 3 heteroatoms. The zero-order valence-corrected chi connectivity index (χ0v) is 14.0. The lowest BCUT2D eigenvalue weighted by Gasteiger charge is -2.32. The molecule has 0 saturated heterocycles. The zero-order valence-electron chi connectivity index (χ0n) is 14.0. The molecule has 0 spiro atoms. The number of amides is 2. The number of hydrogen-bond acceptors (Lipinski definition) is 2. The van der Waals surface area contributed by atoms with Crippen molar-refractivity contribution >= 4 is 22.6 Å². The zero-order chi connectivity index (χ0) is 17.1. The Labute approximate surface area is 145 Å². The second-order valence-electron chi connectivity index (χ2n) is 6.86. The van der Waals surface area contributed by atoms with Gasteiger partial charge in [-0.05, 0) is 54.0 Å². The summed E-state index contributed by atoms with van der Waals surface area (Å²) in [6.45, 7) is 1.91. The normalized spacial score (nSPS) is 16.6. The summed E-state index contributed by atoms with van der Waals surface area (Å²) in [5.41, 5.74) is 4.77. The Balaban J connectivity index is 1.72. The van der Waals surface area contributed by atoms with Gasteiger partial charge >= 0.3 is 0 Å². The molecular weight excluding hydrogens is 310 g/mol. The largest absolute Gasteiger partial charge is 0.269 e. The molecule has 0 radical (unpaired) electrons. The fraction of sp³-hybridized carbons (Fsp3) is 0.182. The summed E-state index contributed by atoms with van der Waals surface area (Å²) in [7, 11) is 0. The van der Waals surface area contributed by atoms with Crippen LogP contribution in [0.2, 0.25) is 0 Å². The number of imide groups is 1. The van der Waals surface area contributed by atoms with Crippen LogP contribution in [0, 0.1) is 0 Å². The van der Waals surface area contributed by atoms with E-state index >= 15 is 0 Å². The van der Waals surface area contributed by atoms with Gasteiger partial charge in [0, 0.05) is 16.5 Å². The van der Waals surface area contributed by atoms with Gasteiger partial charge in [0.05, 0.1) is 6.04 Å². The lowest BCUT2D eigenvalue weighted by molar-refractivity contribution is 0.0550. The van der Waals surface area contributed by atoms with Crippen LogP contribution in [0.3, 0.4) is 0 Å². The van der Waals surface area contributed by atoms with Crippen molar-refractivity contribution in [2.45, 2.75) is 25.8 Å². The molecule has 1 atom stereocenters. The predicted molar refractivity (Wildman–Crippen MR) is 96.7 cm³/mol. The molecule has 25 heavy (non-hydrogen) atoms. The highest BCUT2D eigenvalue weighted by Crippen LogP contribution is 2.40. The average Bonchev–Trinajstić information content (AvgIpc) is 3.07. The van der Waals surface area contributed by atoms with E-state index < -0.39 is 0 Å². The van der Waals surface area contributed by atoms with Gasteiger partial charge in [-0.2, -0.15) is 0 Å². The third-order valence-corrected chi connectivity index (χ3v) is 5.56. The van der Waals surface area contributed by atoms with Crippen LogP contribution in [0.1, 0.15) is 50.4 Å². The second-order valence-corrected chi connectivity index (χ2v) is 6.86. The molecule has 0 bridgehead atoms. The maximum atomic E-state index is 13.2. The third kappa shape index (κ3) is 1.86. The van der Waals surface area contributed by atoms with E-state index in [1.807, 2.05) is 49.4 Å². The van der Waals surface area contributed by atoms with Gasteiger partial charge in [0.2, 0.25) is 0 Å². The molecule has 122 valence electrons. The van der Waals surface area contributed by atoms with Crippen LogP contribution in [-0.2, 0) is 12.8 Å². The van der Waals surface area contributed by atoms with Crippen molar-refractivity contribution in [2.75, 3.05) is 0 Å². The molecule has 0 unspecified atom stereocenters. The van der Waals surface area contributed by atoms with Crippen LogP contribution < -0.4 is 0 Å².